The van der Waals surface area contributed by atoms with Crippen molar-refractivity contribution in [3.05, 3.63) is 59.7 Å². The average molecular weight is 333 g/mol. The summed E-state index contributed by atoms with van der Waals surface area (Å²) in [4.78, 5) is 12.3. The van der Waals surface area contributed by atoms with E-state index in [1.54, 1.807) is 12.1 Å². The number of benzene rings is 2. The topological polar surface area (TPSA) is 64.4 Å². The van der Waals surface area contributed by atoms with Crippen molar-refractivity contribution in [1.29, 1.82) is 0 Å². The second kappa shape index (κ2) is 7.99. The van der Waals surface area contributed by atoms with Crippen LogP contribution in [-0.4, -0.2) is 12.5 Å². The third-order valence-corrected chi connectivity index (χ3v) is 3.76. The van der Waals surface area contributed by atoms with E-state index >= 15 is 0 Å². The second-order valence-electron chi connectivity index (χ2n) is 5.61. The van der Waals surface area contributed by atoms with Crippen molar-refractivity contribution >= 4 is 24.0 Å². The Balaban J connectivity index is 0.00000192. The van der Waals surface area contributed by atoms with Crippen LogP contribution in [0.15, 0.2) is 48.5 Å². The van der Waals surface area contributed by atoms with Gasteiger partial charge >= 0.3 is 0 Å². The molecule has 0 aromatic heterocycles. The van der Waals surface area contributed by atoms with E-state index in [4.69, 9.17) is 10.5 Å². The molecule has 1 fully saturated rings. The molecule has 0 unspecified atom stereocenters. The SMILES string of the molecule is Cl.NCc1ccc(C(=O)Nc2ccccc2OCC2CC2)cc1. The van der Waals surface area contributed by atoms with Gasteiger partial charge in [0.05, 0.1) is 12.3 Å². The molecule has 0 heterocycles. The molecule has 4 nitrogen and oxygen atoms in total. The van der Waals surface area contributed by atoms with Crippen LogP contribution in [0.3, 0.4) is 0 Å². The summed E-state index contributed by atoms with van der Waals surface area (Å²) in [5.74, 6) is 1.25. The number of amides is 1. The number of para-hydroxylation sites is 2. The van der Waals surface area contributed by atoms with Crippen LogP contribution < -0.4 is 15.8 Å². The Hall–Kier alpha value is -2.04. The van der Waals surface area contributed by atoms with E-state index in [1.165, 1.54) is 12.8 Å². The maximum Gasteiger partial charge on any atom is 0.255 e. The van der Waals surface area contributed by atoms with Crippen molar-refractivity contribution < 1.29 is 9.53 Å². The monoisotopic (exact) mass is 332 g/mol. The molecule has 1 aliphatic carbocycles. The normalized spacial score (nSPS) is 13.1. The minimum atomic E-state index is -0.147. The number of nitrogens with one attached hydrogen (secondary N) is 1. The molecule has 2 aromatic rings. The number of nitrogens with two attached hydrogens (primary N) is 1. The number of hydrogen-bond donors (Lipinski definition) is 2. The summed E-state index contributed by atoms with van der Waals surface area (Å²) in [6.45, 7) is 1.19. The summed E-state index contributed by atoms with van der Waals surface area (Å²) in [6, 6.07) is 14.8. The Morgan fingerprint density at radius 2 is 1.83 bits per heavy atom. The van der Waals surface area contributed by atoms with Crippen molar-refractivity contribution in [2.45, 2.75) is 19.4 Å². The van der Waals surface area contributed by atoms with Crippen molar-refractivity contribution in [3.8, 4) is 5.75 Å². The summed E-state index contributed by atoms with van der Waals surface area (Å²) in [5.41, 5.74) is 7.88. The molecule has 122 valence electrons. The lowest BCUT2D eigenvalue weighted by molar-refractivity contribution is 0.102. The summed E-state index contributed by atoms with van der Waals surface area (Å²) in [6.07, 6.45) is 2.48. The molecule has 1 aliphatic rings. The van der Waals surface area contributed by atoms with Crippen LogP contribution in [0.1, 0.15) is 28.8 Å². The maximum atomic E-state index is 12.3. The van der Waals surface area contributed by atoms with Gasteiger partial charge in [0.25, 0.3) is 5.91 Å². The number of carbonyl (C=O) groups excluding carboxylic acids is 1. The average Bonchev–Trinajstić information content (AvgIpc) is 3.38. The third-order valence-electron chi connectivity index (χ3n) is 3.76. The number of carbonyl (C=O) groups is 1. The van der Waals surface area contributed by atoms with Gasteiger partial charge in [-0.15, -0.1) is 12.4 Å². The molecule has 3 N–H and O–H groups in total. The predicted octanol–water partition coefficient (Wildman–Crippen LogP) is 3.61. The first-order valence-corrected chi connectivity index (χ1v) is 7.58. The summed E-state index contributed by atoms with van der Waals surface area (Å²) >= 11 is 0. The van der Waals surface area contributed by atoms with Gasteiger partial charge in [-0.2, -0.15) is 0 Å². The Labute approximate surface area is 142 Å². The fourth-order valence-corrected chi connectivity index (χ4v) is 2.17. The van der Waals surface area contributed by atoms with Crippen LogP contribution in [0.25, 0.3) is 0 Å². The highest BCUT2D eigenvalue weighted by Gasteiger charge is 2.22. The zero-order chi connectivity index (χ0) is 15.4. The Morgan fingerprint density at radius 3 is 2.48 bits per heavy atom. The first-order valence-electron chi connectivity index (χ1n) is 7.58. The quantitative estimate of drug-likeness (QED) is 0.849. The fourth-order valence-electron chi connectivity index (χ4n) is 2.17. The molecule has 0 bridgehead atoms. The number of ether oxygens (including phenoxy) is 1. The second-order valence-corrected chi connectivity index (χ2v) is 5.61. The van der Waals surface area contributed by atoms with Gasteiger partial charge in [0.1, 0.15) is 5.75 Å². The van der Waals surface area contributed by atoms with E-state index in [0.717, 1.165) is 17.9 Å². The van der Waals surface area contributed by atoms with Crippen LogP contribution in [0.4, 0.5) is 5.69 Å². The van der Waals surface area contributed by atoms with Crippen molar-refractivity contribution in [2.24, 2.45) is 11.7 Å². The molecule has 1 saturated carbocycles. The van der Waals surface area contributed by atoms with Crippen LogP contribution in [0.2, 0.25) is 0 Å². The number of rotatable bonds is 6. The van der Waals surface area contributed by atoms with Crippen molar-refractivity contribution in [2.75, 3.05) is 11.9 Å². The molecule has 2 aromatic carbocycles. The van der Waals surface area contributed by atoms with E-state index in [1.807, 2.05) is 36.4 Å². The summed E-state index contributed by atoms with van der Waals surface area (Å²) < 4.78 is 5.80. The van der Waals surface area contributed by atoms with Gasteiger partial charge in [0.2, 0.25) is 0 Å². The smallest absolute Gasteiger partial charge is 0.255 e. The van der Waals surface area contributed by atoms with Gasteiger partial charge < -0.3 is 15.8 Å². The number of anilines is 1. The number of halogens is 1. The Kier molecular flexibility index (Phi) is 6.02. The van der Waals surface area contributed by atoms with E-state index in [-0.39, 0.29) is 18.3 Å². The molecule has 0 saturated heterocycles. The van der Waals surface area contributed by atoms with Crippen LogP contribution in [0.5, 0.6) is 5.75 Å². The van der Waals surface area contributed by atoms with Crippen molar-refractivity contribution in [1.82, 2.24) is 0 Å². The van der Waals surface area contributed by atoms with Crippen molar-refractivity contribution in [3.63, 3.8) is 0 Å². The molecule has 23 heavy (non-hydrogen) atoms. The lowest BCUT2D eigenvalue weighted by Gasteiger charge is -2.12. The van der Waals surface area contributed by atoms with E-state index in [0.29, 0.717) is 23.7 Å². The van der Waals surface area contributed by atoms with E-state index < -0.39 is 0 Å². The molecular weight excluding hydrogens is 312 g/mol. The minimum Gasteiger partial charge on any atom is -0.491 e. The third kappa shape index (κ3) is 4.71. The molecule has 5 heteroatoms. The van der Waals surface area contributed by atoms with Gasteiger partial charge in [0.15, 0.2) is 0 Å². The molecule has 1 amide bonds. The minimum absolute atomic E-state index is 0. The maximum absolute atomic E-state index is 12.3. The first-order chi connectivity index (χ1) is 10.8. The first kappa shape index (κ1) is 17.3. The highest BCUT2D eigenvalue weighted by molar-refractivity contribution is 6.05. The number of hydrogen-bond acceptors (Lipinski definition) is 3. The van der Waals surface area contributed by atoms with Gasteiger partial charge in [-0.25, -0.2) is 0 Å². The standard InChI is InChI=1S/C18H20N2O2.ClH/c19-11-13-7-9-15(10-8-13)18(21)20-16-3-1-2-4-17(16)22-12-14-5-6-14;/h1-4,7-10,14H,5-6,11-12,19H2,(H,20,21);1H. The zero-order valence-corrected chi connectivity index (χ0v) is 13.6. The summed E-state index contributed by atoms with van der Waals surface area (Å²) in [7, 11) is 0. The van der Waals surface area contributed by atoms with Crippen LogP contribution >= 0.6 is 12.4 Å². The molecule has 0 atom stereocenters. The lowest BCUT2D eigenvalue weighted by Crippen LogP contribution is -2.13. The highest BCUT2D eigenvalue weighted by atomic mass is 35.5. The fraction of sp³-hybridized carbons (Fsp3) is 0.278. The van der Waals surface area contributed by atoms with Gasteiger partial charge in [-0.05, 0) is 48.6 Å². The zero-order valence-electron chi connectivity index (χ0n) is 12.8. The molecular formula is C18H21ClN2O2. The van der Waals surface area contributed by atoms with Crippen LogP contribution in [0, 0.1) is 5.92 Å². The molecule has 3 rings (SSSR count). The molecule has 0 radical (unpaired) electrons. The van der Waals surface area contributed by atoms with E-state index in [9.17, 15) is 4.79 Å². The largest absolute Gasteiger partial charge is 0.491 e. The highest BCUT2D eigenvalue weighted by Crippen LogP contribution is 2.31. The van der Waals surface area contributed by atoms with Gasteiger partial charge in [0, 0.05) is 12.1 Å². The Morgan fingerprint density at radius 1 is 1.13 bits per heavy atom. The molecule has 0 spiro atoms. The van der Waals surface area contributed by atoms with Gasteiger partial charge in [-0.1, -0.05) is 24.3 Å². The van der Waals surface area contributed by atoms with Gasteiger partial charge in [-0.3, -0.25) is 4.79 Å². The van der Waals surface area contributed by atoms with E-state index in [2.05, 4.69) is 5.32 Å². The van der Waals surface area contributed by atoms with Crippen LogP contribution in [-0.2, 0) is 6.54 Å². The Bertz CT molecular complexity index is 654. The predicted molar refractivity (Wildman–Crippen MR) is 94.2 cm³/mol. The molecule has 0 aliphatic heterocycles. The summed E-state index contributed by atoms with van der Waals surface area (Å²) in [5, 5.41) is 2.91. The lowest BCUT2D eigenvalue weighted by atomic mass is 10.1.